The minimum absolute atomic E-state index is 0.157. The molecule has 28 heavy (non-hydrogen) atoms. The summed E-state index contributed by atoms with van der Waals surface area (Å²) in [6, 6.07) is 11.6. The lowest BCUT2D eigenvalue weighted by atomic mass is 10.2. The van der Waals surface area contributed by atoms with Crippen LogP contribution in [0.15, 0.2) is 41.3 Å². The van der Waals surface area contributed by atoms with Crippen molar-refractivity contribution in [1.29, 1.82) is 0 Å². The number of benzene rings is 2. The molecule has 148 valence electrons. The molecule has 1 atom stereocenters. The van der Waals surface area contributed by atoms with Crippen LogP contribution in [0, 0.1) is 13.8 Å². The predicted molar refractivity (Wildman–Crippen MR) is 107 cm³/mol. The normalized spacial score (nSPS) is 13.1. The summed E-state index contributed by atoms with van der Waals surface area (Å²) in [6.07, 6.45) is -0.860. The SMILES string of the molecule is Cc1ccc(C)c(SCC(=O)O[C@H](C)C(=O)NCc2ccc3c(c2)OCO3)c1. The third kappa shape index (κ3) is 5.19. The molecule has 1 aliphatic heterocycles. The molecule has 0 saturated heterocycles. The molecule has 0 saturated carbocycles. The highest BCUT2D eigenvalue weighted by atomic mass is 32.2. The Morgan fingerprint density at radius 2 is 1.93 bits per heavy atom. The van der Waals surface area contributed by atoms with Crippen LogP contribution in [0.3, 0.4) is 0 Å². The van der Waals surface area contributed by atoms with E-state index < -0.39 is 12.1 Å². The first-order valence-corrected chi connectivity index (χ1v) is 9.96. The van der Waals surface area contributed by atoms with E-state index in [1.807, 2.05) is 44.2 Å². The summed E-state index contributed by atoms with van der Waals surface area (Å²) in [4.78, 5) is 25.3. The highest BCUT2D eigenvalue weighted by molar-refractivity contribution is 8.00. The predicted octanol–water partition coefficient (Wildman–Crippen LogP) is 3.37. The van der Waals surface area contributed by atoms with E-state index in [1.165, 1.54) is 11.8 Å². The number of ether oxygens (including phenoxy) is 3. The van der Waals surface area contributed by atoms with Crippen LogP contribution >= 0.6 is 11.8 Å². The fourth-order valence-electron chi connectivity index (χ4n) is 2.67. The molecule has 6 nitrogen and oxygen atoms in total. The molecule has 1 heterocycles. The molecule has 0 bridgehead atoms. The molecule has 0 spiro atoms. The van der Waals surface area contributed by atoms with E-state index in [0.29, 0.717) is 18.0 Å². The average molecular weight is 401 g/mol. The van der Waals surface area contributed by atoms with Gasteiger partial charge in [0.05, 0.1) is 5.75 Å². The number of hydrogen-bond acceptors (Lipinski definition) is 6. The van der Waals surface area contributed by atoms with E-state index in [1.54, 1.807) is 13.0 Å². The maximum Gasteiger partial charge on any atom is 0.317 e. The van der Waals surface area contributed by atoms with Crippen LogP contribution < -0.4 is 14.8 Å². The minimum Gasteiger partial charge on any atom is -0.454 e. The van der Waals surface area contributed by atoms with Crippen LogP contribution in [-0.4, -0.2) is 30.5 Å². The molecule has 2 aromatic carbocycles. The van der Waals surface area contributed by atoms with Crippen LogP contribution in [0.1, 0.15) is 23.6 Å². The summed E-state index contributed by atoms with van der Waals surface area (Å²) in [6.45, 7) is 6.09. The fourth-order valence-corrected chi connectivity index (χ4v) is 3.57. The first-order chi connectivity index (χ1) is 13.4. The van der Waals surface area contributed by atoms with Crippen LogP contribution in [-0.2, 0) is 20.9 Å². The maximum atomic E-state index is 12.2. The Labute approximate surface area is 168 Å². The van der Waals surface area contributed by atoms with Gasteiger partial charge < -0.3 is 19.5 Å². The van der Waals surface area contributed by atoms with Crippen molar-refractivity contribution in [3.05, 3.63) is 53.1 Å². The van der Waals surface area contributed by atoms with E-state index in [-0.39, 0.29) is 18.5 Å². The molecular formula is C21H23NO5S. The van der Waals surface area contributed by atoms with Crippen molar-refractivity contribution in [2.75, 3.05) is 12.5 Å². The van der Waals surface area contributed by atoms with Gasteiger partial charge in [-0.25, -0.2) is 0 Å². The van der Waals surface area contributed by atoms with Crippen molar-refractivity contribution in [1.82, 2.24) is 5.32 Å². The quantitative estimate of drug-likeness (QED) is 0.566. The Morgan fingerprint density at radius 3 is 2.75 bits per heavy atom. The standard InChI is InChI=1S/C21H23NO5S/c1-13-4-5-14(2)19(8-13)28-11-20(23)27-15(3)21(24)22-10-16-6-7-17-18(9-16)26-12-25-17/h4-9,15H,10-12H2,1-3H3,(H,22,24)/t15-/m1/s1. The second-order valence-corrected chi connectivity index (χ2v) is 7.61. The van der Waals surface area contributed by atoms with Gasteiger partial charge in [0, 0.05) is 11.4 Å². The number of thioether (sulfide) groups is 1. The second-order valence-electron chi connectivity index (χ2n) is 6.60. The Bertz CT molecular complexity index is 883. The smallest absolute Gasteiger partial charge is 0.317 e. The molecule has 0 radical (unpaired) electrons. The number of hydrogen-bond donors (Lipinski definition) is 1. The Hall–Kier alpha value is -2.67. The average Bonchev–Trinajstić information content (AvgIpc) is 3.14. The molecule has 3 rings (SSSR count). The van der Waals surface area contributed by atoms with Gasteiger partial charge in [-0.3, -0.25) is 9.59 Å². The summed E-state index contributed by atoms with van der Waals surface area (Å²) in [7, 11) is 0. The lowest BCUT2D eigenvalue weighted by molar-refractivity contribution is -0.152. The maximum absolute atomic E-state index is 12.2. The summed E-state index contributed by atoms with van der Waals surface area (Å²) >= 11 is 1.41. The van der Waals surface area contributed by atoms with Gasteiger partial charge in [0.2, 0.25) is 6.79 Å². The van der Waals surface area contributed by atoms with Gasteiger partial charge in [-0.05, 0) is 50.1 Å². The Balaban J connectivity index is 1.44. The van der Waals surface area contributed by atoms with Gasteiger partial charge in [0.15, 0.2) is 17.6 Å². The molecule has 1 amide bonds. The number of fused-ring (bicyclic) bond motifs is 1. The Kier molecular flexibility index (Phi) is 6.46. The first-order valence-electron chi connectivity index (χ1n) is 8.98. The number of rotatable bonds is 7. The third-order valence-corrected chi connectivity index (χ3v) is 5.40. The lowest BCUT2D eigenvalue weighted by Crippen LogP contribution is -2.35. The number of carbonyl (C=O) groups is 2. The van der Waals surface area contributed by atoms with Gasteiger partial charge in [0.1, 0.15) is 0 Å². The lowest BCUT2D eigenvalue weighted by Gasteiger charge is -2.14. The highest BCUT2D eigenvalue weighted by Crippen LogP contribution is 2.32. The summed E-state index contributed by atoms with van der Waals surface area (Å²) in [5, 5.41) is 2.77. The summed E-state index contributed by atoms with van der Waals surface area (Å²) < 4.78 is 15.8. The van der Waals surface area contributed by atoms with Gasteiger partial charge in [-0.15, -0.1) is 11.8 Å². The molecule has 0 fully saturated rings. The van der Waals surface area contributed by atoms with Crippen LogP contribution in [0.4, 0.5) is 0 Å². The van der Waals surface area contributed by atoms with Crippen molar-refractivity contribution in [2.45, 2.75) is 38.3 Å². The number of amides is 1. The van der Waals surface area contributed by atoms with Gasteiger partial charge >= 0.3 is 5.97 Å². The summed E-state index contributed by atoms with van der Waals surface area (Å²) in [5.74, 6) is 0.747. The first kappa shape index (κ1) is 20.1. The van der Waals surface area contributed by atoms with Crippen LogP contribution in [0.25, 0.3) is 0 Å². The van der Waals surface area contributed by atoms with Crippen molar-refractivity contribution in [2.24, 2.45) is 0 Å². The summed E-state index contributed by atoms with van der Waals surface area (Å²) in [5.41, 5.74) is 3.12. The minimum atomic E-state index is -0.860. The van der Waals surface area contributed by atoms with Crippen LogP contribution in [0.5, 0.6) is 11.5 Å². The number of esters is 1. The van der Waals surface area contributed by atoms with E-state index in [9.17, 15) is 9.59 Å². The van der Waals surface area contributed by atoms with E-state index in [2.05, 4.69) is 5.32 Å². The number of carbonyl (C=O) groups excluding carboxylic acids is 2. The van der Waals surface area contributed by atoms with Crippen molar-refractivity contribution >= 4 is 23.6 Å². The highest BCUT2D eigenvalue weighted by Gasteiger charge is 2.19. The second kappa shape index (κ2) is 9.01. The molecule has 1 N–H and O–H groups in total. The monoisotopic (exact) mass is 401 g/mol. The van der Waals surface area contributed by atoms with Crippen molar-refractivity contribution in [3.8, 4) is 11.5 Å². The van der Waals surface area contributed by atoms with E-state index >= 15 is 0 Å². The number of aryl methyl sites for hydroxylation is 2. The van der Waals surface area contributed by atoms with Crippen molar-refractivity contribution < 1.29 is 23.8 Å². The molecule has 1 aliphatic rings. The fraction of sp³-hybridized carbons (Fsp3) is 0.333. The Morgan fingerprint density at radius 1 is 1.14 bits per heavy atom. The van der Waals surface area contributed by atoms with Crippen LogP contribution in [0.2, 0.25) is 0 Å². The van der Waals surface area contributed by atoms with Crippen molar-refractivity contribution in [3.63, 3.8) is 0 Å². The molecular weight excluding hydrogens is 378 g/mol. The molecule has 0 aliphatic carbocycles. The van der Waals surface area contributed by atoms with Gasteiger partial charge in [0.25, 0.3) is 5.91 Å². The molecule has 0 aromatic heterocycles. The van der Waals surface area contributed by atoms with Gasteiger partial charge in [-0.2, -0.15) is 0 Å². The molecule has 2 aromatic rings. The third-order valence-electron chi connectivity index (χ3n) is 4.27. The van der Waals surface area contributed by atoms with E-state index in [4.69, 9.17) is 14.2 Å². The van der Waals surface area contributed by atoms with Gasteiger partial charge in [-0.1, -0.05) is 23.8 Å². The zero-order chi connectivity index (χ0) is 20.1. The molecule has 0 unspecified atom stereocenters. The zero-order valence-electron chi connectivity index (χ0n) is 16.1. The number of nitrogens with one attached hydrogen (secondary N) is 1. The zero-order valence-corrected chi connectivity index (χ0v) is 16.9. The topological polar surface area (TPSA) is 73.9 Å². The largest absolute Gasteiger partial charge is 0.454 e. The molecule has 7 heteroatoms. The van der Waals surface area contributed by atoms with E-state index in [0.717, 1.165) is 21.6 Å².